The molecular weight excluding hydrogens is 286 g/mol. The van der Waals surface area contributed by atoms with Crippen LogP contribution in [0.1, 0.15) is 36.5 Å². The molecule has 0 bridgehead atoms. The first-order valence-electron chi connectivity index (χ1n) is 6.02. The Morgan fingerprint density at radius 3 is 2.65 bits per heavy atom. The zero-order valence-electron chi connectivity index (χ0n) is 10.9. The summed E-state index contributed by atoms with van der Waals surface area (Å²) in [6.45, 7) is 1.65. The number of nitrogens with two attached hydrogens (primary N) is 1. The summed E-state index contributed by atoms with van der Waals surface area (Å²) in [4.78, 5) is 22.4. The summed E-state index contributed by atoms with van der Waals surface area (Å²) in [6.07, 6.45) is 0.714. The van der Waals surface area contributed by atoms with Gasteiger partial charge in [0.05, 0.1) is 6.10 Å². The highest BCUT2D eigenvalue weighted by atomic mass is 35.5. The zero-order chi connectivity index (χ0) is 15.3. The van der Waals surface area contributed by atoms with Crippen molar-refractivity contribution in [2.24, 2.45) is 5.73 Å². The molecule has 1 aromatic rings. The van der Waals surface area contributed by atoms with E-state index in [1.54, 1.807) is 6.92 Å². The molecule has 0 spiro atoms. The molecule has 0 radical (unpaired) electrons. The fraction of sp³-hybridized carbons (Fsp3) is 0.385. The van der Waals surface area contributed by atoms with Crippen LogP contribution >= 0.6 is 11.6 Å². The quantitative estimate of drug-likeness (QED) is 0.549. The second-order valence-corrected chi connectivity index (χ2v) is 4.83. The van der Waals surface area contributed by atoms with Crippen molar-refractivity contribution in [3.63, 3.8) is 0 Å². The van der Waals surface area contributed by atoms with Gasteiger partial charge in [0.15, 0.2) is 11.5 Å². The summed E-state index contributed by atoms with van der Waals surface area (Å²) in [5.41, 5.74) is 4.79. The van der Waals surface area contributed by atoms with Crippen molar-refractivity contribution < 1.29 is 24.5 Å². The van der Waals surface area contributed by atoms with E-state index in [1.165, 1.54) is 6.07 Å². The van der Waals surface area contributed by atoms with Gasteiger partial charge in [-0.15, -0.1) is 0 Å². The number of phenols is 2. The lowest BCUT2D eigenvalue weighted by Crippen LogP contribution is -2.17. The number of ether oxygens (including phenoxy) is 1. The van der Waals surface area contributed by atoms with Gasteiger partial charge in [-0.25, -0.2) is 4.79 Å². The third-order valence-corrected chi connectivity index (χ3v) is 2.83. The number of aromatic hydroxyl groups is 2. The number of halogens is 1. The number of primary amides is 1. The van der Waals surface area contributed by atoms with Gasteiger partial charge in [-0.05, 0) is 25.8 Å². The van der Waals surface area contributed by atoms with Gasteiger partial charge in [-0.1, -0.05) is 11.6 Å². The summed E-state index contributed by atoms with van der Waals surface area (Å²) in [5.74, 6) is -2.29. The fourth-order valence-electron chi connectivity index (χ4n) is 1.61. The van der Waals surface area contributed by atoms with E-state index in [0.29, 0.717) is 12.8 Å². The third-order valence-electron chi connectivity index (χ3n) is 2.62. The van der Waals surface area contributed by atoms with Crippen LogP contribution < -0.4 is 5.73 Å². The first-order valence-corrected chi connectivity index (χ1v) is 6.39. The van der Waals surface area contributed by atoms with Crippen LogP contribution in [0.15, 0.2) is 12.1 Å². The SMILES string of the molecule is C[C@H](CCCC(N)=O)OC(=O)c1cc(Cl)cc(O)c1O. The van der Waals surface area contributed by atoms with Crippen molar-refractivity contribution in [1.29, 1.82) is 0 Å². The average molecular weight is 302 g/mol. The Morgan fingerprint density at radius 2 is 2.05 bits per heavy atom. The van der Waals surface area contributed by atoms with E-state index >= 15 is 0 Å². The maximum absolute atomic E-state index is 11.8. The Morgan fingerprint density at radius 1 is 1.40 bits per heavy atom. The van der Waals surface area contributed by atoms with E-state index in [9.17, 15) is 19.8 Å². The molecule has 110 valence electrons. The molecule has 1 aromatic carbocycles. The Labute approximate surface area is 121 Å². The van der Waals surface area contributed by atoms with Crippen LogP contribution in [0.25, 0.3) is 0 Å². The van der Waals surface area contributed by atoms with Crippen molar-refractivity contribution in [3.8, 4) is 11.5 Å². The first-order chi connectivity index (χ1) is 9.31. The van der Waals surface area contributed by atoms with Crippen molar-refractivity contribution in [2.45, 2.75) is 32.3 Å². The molecule has 0 aliphatic heterocycles. The summed E-state index contributed by atoms with van der Waals surface area (Å²) in [6, 6.07) is 2.32. The molecule has 0 heterocycles. The molecule has 0 unspecified atom stereocenters. The summed E-state index contributed by atoms with van der Waals surface area (Å²) >= 11 is 5.69. The lowest BCUT2D eigenvalue weighted by molar-refractivity contribution is -0.118. The second-order valence-electron chi connectivity index (χ2n) is 4.40. The molecule has 1 rings (SSSR count). The highest BCUT2D eigenvalue weighted by molar-refractivity contribution is 6.31. The summed E-state index contributed by atoms with van der Waals surface area (Å²) < 4.78 is 5.09. The minimum absolute atomic E-state index is 0.105. The molecular formula is C13H16ClNO5. The number of phenolic OH excluding ortho intramolecular Hbond substituents is 2. The van der Waals surface area contributed by atoms with Gasteiger partial charge in [0.25, 0.3) is 0 Å². The third kappa shape index (κ3) is 4.62. The number of hydrogen-bond donors (Lipinski definition) is 3. The maximum atomic E-state index is 11.8. The summed E-state index contributed by atoms with van der Waals surface area (Å²) in [5, 5.41) is 19.1. The molecule has 0 fully saturated rings. The standard InChI is InChI=1S/C13H16ClNO5/c1-7(3-2-4-11(15)17)20-13(19)9-5-8(14)6-10(16)12(9)18/h5-7,16,18H,2-4H2,1H3,(H2,15,17)/t7-/m1/s1. The van der Waals surface area contributed by atoms with Crippen molar-refractivity contribution >= 4 is 23.5 Å². The number of benzene rings is 1. The number of rotatable bonds is 6. The number of carbonyl (C=O) groups excluding carboxylic acids is 2. The molecule has 7 heteroatoms. The van der Waals surface area contributed by atoms with Crippen LogP contribution in [0.4, 0.5) is 0 Å². The number of esters is 1. The minimum Gasteiger partial charge on any atom is -0.504 e. The van der Waals surface area contributed by atoms with Gasteiger partial charge in [-0.2, -0.15) is 0 Å². The molecule has 0 saturated carbocycles. The van der Waals surface area contributed by atoms with Crippen LogP contribution in [0.5, 0.6) is 11.5 Å². The largest absolute Gasteiger partial charge is 0.504 e. The van der Waals surface area contributed by atoms with Gasteiger partial charge in [-0.3, -0.25) is 4.79 Å². The minimum atomic E-state index is -0.799. The van der Waals surface area contributed by atoms with Crippen LogP contribution in [0.3, 0.4) is 0 Å². The molecule has 0 aromatic heterocycles. The predicted octanol–water partition coefficient (Wildman–Crippen LogP) is 1.95. The molecule has 1 atom stereocenters. The lowest BCUT2D eigenvalue weighted by Gasteiger charge is -2.14. The monoisotopic (exact) mass is 301 g/mol. The lowest BCUT2D eigenvalue weighted by atomic mass is 10.1. The van der Waals surface area contributed by atoms with Crippen molar-refractivity contribution in [3.05, 3.63) is 22.7 Å². The van der Waals surface area contributed by atoms with Gasteiger partial charge < -0.3 is 20.7 Å². The topological polar surface area (TPSA) is 110 Å². The van der Waals surface area contributed by atoms with Gasteiger partial charge in [0.1, 0.15) is 5.56 Å². The van der Waals surface area contributed by atoms with E-state index < -0.39 is 29.5 Å². The maximum Gasteiger partial charge on any atom is 0.342 e. The van der Waals surface area contributed by atoms with E-state index in [-0.39, 0.29) is 17.0 Å². The second kappa shape index (κ2) is 7.00. The number of amides is 1. The van der Waals surface area contributed by atoms with Crippen molar-refractivity contribution in [2.75, 3.05) is 0 Å². The molecule has 0 saturated heterocycles. The molecule has 0 aliphatic rings. The molecule has 6 nitrogen and oxygen atoms in total. The van der Waals surface area contributed by atoms with Crippen molar-refractivity contribution in [1.82, 2.24) is 0 Å². The average Bonchev–Trinajstić information content (AvgIpc) is 2.32. The van der Waals surface area contributed by atoms with Gasteiger partial charge in [0.2, 0.25) is 5.91 Å². The van der Waals surface area contributed by atoms with E-state index in [1.807, 2.05) is 0 Å². The predicted molar refractivity (Wildman–Crippen MR) is 72.7 cm³/mol. The summed E-state index contributed by atoms with van der Waals surface area (Å²) in [7, 11) is 0. The van der Waals surface area contributed by atoms with Crippen LogP contribution in [0, 0.1) is 0 Å². The normalized spacial score (nSPS) is 11.9. The Bertz CT molecular complexity index is 518. The van der Waals surface area contributed by atoms with E-state index in [2.05, 4.69) is 0 Å². The smallest absolute Gasteiger partial charge is 0.342 e. The Kier molecular flexibility index (Phi) is 5.64. The Balaban J connectivity index is 2.65. The van der Waals surface area contributed by atoms with Crippen LogP contribution in [-0.4, -0.2) is 28.2 Å². The van der Waals surface area contributed by atoms with Crippen LogP contribution in [0.2, 0.25) is 5.02 Å². The molecule has 4 N–H and O–H groups in total. The number of carbonyl (C=O) groups is 2. The van der Waals surface area contributed by atoms with E-state index in [4.69, 9.17) is 22.1 Å². The molecule has 1 amide bonds. The number of hydrogen-bond acceptors (Lipinski definition) is 5. The van der Waals surface area contributed by atoms with Crippen LogP contribution in [-0.2, 0) is 9.53 Å². The fourth-order valence-corrected chi connectivity index (χ4v) is 1.82. The Hall–Kier alpha value is -1.95. The highest BCUT2D eigenvalue weighted by Crippen LogP contribution is 2.33. The van der Waals surface area contributed by atoms with Gasteiger partial charge in [0, 0.05) is 17.5 Å². The highest BCUT2D eigenvalue weighted by Gasteiger charge is 2.19. The van der Waals surface area contributed by atoms with Gasteiger partial charge >= 0.3 is 5.97 Å². The molecule has 0 aliphatic carbocycles. The molecule has 20 heavy (non-hydrogen) atoms. The zero-order valence-corrected chi connectivity index (χ0v) is 11.7. The van der Waals surface area contributed by atoms with E-state index in [0.717, 1.165) is 6.07 Å². The first kappa shape index (κ1) is 16.1.